The Balaban J connectivity index is 1.68. The van der Waals surface area contributed by atoms with Gasteiger partial charge in [-0.25, -0.2) is 10.1 Å². The molecule has 0 fully saturated rings. The molecule has 0 unspecified atom stereocenters. The predicted octanol–water partition coefficient (Wildman–Crippen LogP) is 2.46. The second kappa shape index (κ2) is 10.3. The summed E-state index contributed by atoms with van der Waals surface area (Å²) in [6.07, 6.45) is 1.49. The number of nitrogens with zero attached hydrogens (tertiary/aromatic N) is 6. The number of nitrogens with one attached hydrogen (secondary N) is 1. The van der Waals surface area contributed by atoms with Crippen LogP contribution in [0.5, 0.6) is 11.5 Å². The molecule has 0 aliphatic heterocycles. The summed E-state index contributed by atoms with van der Waals surface area (Å²) in [5, 5.41) is 19.5. The van der Waals surface area contributed by atoms with E-state index in [0.717, 1.165) is 0 Å². The number of carbonyl (C=O) groups is 1. The zero-order chi connectivity index (χ0) is 23.9. The van der Waals surface area contributed by atoms with Crippen molar-refractivity contribution in [1.82, 2.24) is 30.7 Å². The lowest BCUT2D eigenvalue weighted by atomic mass is 10.1. The van der Waals surface area contributed by atoms with Crippen LogP contribution in [0.3, 0.4) is 0 Å². The van der Waals surface area contributed by atoms with E-state index in [1.807, 2.05) is 38.1 Å². The van der Waals surface area contributed by atoms with Crippen molar-refractivity contribution in [2.45, 2.75) is 13.8 Å². The Bertz CT molecular complexity index is 1310. The van der Waals surface area contributed by atoms with Crippen LogP contribution in [0.1, 0.15) is 29.9 Å². The molecule has 12 heteroatoms. The Morgan fingerprint density at radius 2 is 1.97 bits per heavy atom. The number of aromatic nitrogens is 5. The number of hydrazone groups is 1. The van der Waals surface area contributed by atoms with Gasteiger partial charge in [-0.2, -0.15) is 9.78 Å². The van der Waals surface area contributed by atoms with E-state index in [4.69, 9.17) is 19.8 Å². The number of nitrogen functional groups attached to an aromatic ring is 1. The molecule has 4 rings (SSSR count). The zero-order valence-corrected chi connectivity index (χ0v) is 18.5. The molecule has 174 valence electrons. The molecule has 34 heavy (non-hydrogen) atoms. The van der Waals surface area contributed by atoms with Gasteiger partial charge in [-0.15, -0.1) is 5.10 Å². The lowest BCUT2D eigenvalue weighted by Crippen LogP contribution is -2.19. The van der Waals surface area contributed by atoms with Gasteiger partial charge in [0.2, 0.25) is 11.6 Å². The van der Waals surface area contributed by atoms with Crippen molar-refractivity contribution >= 4 is 17.9 Å². The maximum Gasteiger partial charge on any atom is 0.294 e. The van der Waals surface area contributed by atoms with E-state index in [1.165, 1.54) is 10.9 Å². The van der Waals surface area contributed by atoms with Crippen LogP contribution in [0, 0.1) is 0 Å². The largest absolute Gasteiger partial charge is 0.494 e. The fraction of sp³-hybridized carbons (Fsp3) is 0.182. The Labute approximate surface area is 194 Å². The second-order valence-corrected chi connectivity index (χ2v) is 6.80. The number of para-hydroxylation sites is 1. The number of hydrogen-bond acceptors (Lipinski definition) is 10. The van der Waals surface area contributed by atoms with Crippen LogP contribution in [-0.4, -0.2) is 50.6 Å². The third kappa shape index (κ3) is 4.70. The third-order valence-electron chi connectivity index (χ3n) is 4.59. The molecule has 0 aliphatic rings. The van der Waals surface area contributed by atoms with Gasteiger partial charge < -0.3 is 15.2 Å². The smallest absolute Gasteiger partial charge is 0.294 e. The van der Waals surface area contributed by atoms with E-state index in [-0.39, 0.29) is 17.3 Å². The lowest BCUT2D eigenvalue weighted by molar-refractivity contribution is 0.0950. The van der Waals surface area contributed by atoms with Crippen molar-refractivity contribution in [3.63, 3.8) is 0 Å². The van der Waals surface area contributed by atoms with Gasteiger partial charge in [0.15, 0.2) is 5.69 Å². The molecule has 1 amide bonds. The number of benzene rings is 2. The quantitative estimate of drug-likeness (QED) is 0.282. The van der Waals surface area contributed by atoms with Crippen molar-refractivity contribution < 1.29 is 18.9 Å². The molecule has 3 N–H and O–H groups in total. The minimum absolute atomic E-state index is 0.00806. The molecule has 0 spiro atoms. The predicted molar refractivity (Wildman–Crippen MR) is 123 cm³/mol. The van der Waals surface area contributed by atoms with Crippen LogP contribution in [0.4, 0.5) is 5.82 Å². The topological polar surface area (TPSA) is 156 Å². The van der Waals surface area contributed by atoms with Crippen molar-refractivity contribution in [2.75, 3.05) is 18.9 Å². The summed E-state index contributed by atoms with van der Waals surface area (Å²) < 4.78 is 17.1. The highest BCUT2D eigenvalue weighted by molar-refractivity contribution is 5.99. The molecule has 0 radical (unpaired) electrons. The van der Waals surface area contributed by atoms with Crippen LogP contribution in [0.15, 0.2) is 58.3 Å². The molecule has 2 aromatic heterocycles. The van der Waals surface area contributed by atoms with Crippen LogP contribution in [0.2, 0.25) is 0 Å². The summed E-state index contributed by atoms with van der Waals surface area (Å²) in [6.45, 7) is 4.75. The minimum Gasteiger partial charge on any atom is -0.494 e. The van der Waals surface area contributed by atoms with E-state index < -0.39 is 5.91 Å². The number of rotatable bonds is 9. The molecular formula is C22H22N8O4. The minimum atomic E-state index is -0.594. The number of anilines is 1. The van der Waals surface area contributed by atoms with Gasteiger partial charge in [0.1, 0.15) is 17.2 Å². The van der Waals surface area contributed by atoms with Gasteiger partial charge in [-0.05, 0) is 48.4 Å². The number of carbonyl (C=O) groups excluding carboxylic acids is 1. The normalized spacial score (nSPS) is 11.0. The molecule has 0 saturated carbocycles. The Hall–Kier alpha value is -4.74. The van der Waals surface area contributed by atoms with Gasteiger partial charge in [-0.3, -0.25) is 4.79 Å². The SMILES string of the molecule is CCOc1cccc(-c2c(C(=O)N/N=C\c3ccccc3OCC)nnn2-c2nonc2N)c1. The summed E-state index contributed by atoms with van der Waals surface area (Å²) in [7, 11) is 0. The van der Waals surface area contributed by atoms with E-state index in [1.54, 1.807) is 24.3 Å². The standard InChI is InChI=1S/C22H22N8O4/c1-3-32-16-10-7-9-14(12-16)19-18(25-29-30(19)21-20(23)27-34-28-21)22(31)26-24-13-15-8-5-6-11-17(15)33-4-2/h5-13H,3-4H2,1-2H3,(H2,23,27)(H,26,31)/b24-13-. The first-order chi connectivity index (χ1) is 16.6. The van der Waals surface area contributed by atoms with Crippen molar-refractivity contribution in [2.24, 2.45) is 5.10 Å². The number of ether oxygens (including phenoxy) is 2. The molecule has 2 aromatic carbocycles. The molecule has 0 saturated heterocycles. The maximum absolute atomic E-state index is 13.0. The average Bonchev–Trinajstić information content (AvgIpc) is 3.46. The maximum atomic E-state index is 13.0. The summed E-state index contributed by atoms with van der Waals surface area (Å²) >= 11 is 0. The Morgan fingerprint density at radius 1 is 1.15 bits per heavy atom. The summed E-state index contributed by atoms with van der Waals surface area (Å²) in [5.74, 6) is 0.748. The molecule has 0 bridgehead atoms. The molecule has 2 heterocycles. The van der Waals surface area contributed by atoms with Gasteiger partial charge >= 0.3 is 0 Å². The molecule has 0 aliphatic carbocycles. The molecule has 0 atom stereocenters. The third-order valence-corrected chi connectivity index (χ3v) is 4.59. The number of nitrogens with two attached hydrogens (primary N) is 1. The van der Waals surface area contributed by atoms with Crippen LogP contribution in [-0.2, 0) is 0 Å². The second-order valence-electron chi connectivity index (χ2n) is 6.80. The fourth-order valence-corrected chi connectivity index (χ4v) is 3.17. The van der Waals surface area contributed by atoms with E-state index in [0.29, 0.717) is 41.5 Å². The van der Waals surface area contributed by atoms with E-state index in [2.05, 4.69) is 31.2 Å². The lowest BCUT2D eigenvalue weighted by Gasteiger charge is -2.08. The van der Waals surface area contributed by atoms with Crippen molar-refractivity contribution in [3.05, 3.63) is 59.8 Å². The molecular weight excluding hydrogens is 440 g/mol. The van der Waals surface area contributed by atoms with E-state index >= 15 is 0 Å². The highest BCUT2D eigenvalue weighted by Gasteiger charge is 2.25. The van der Waals surface area contributed by atoms with Gasteiger partial charge in [0, 0.05) is 11.1 Å². The Morgan fingerprint density at radius 3 is 2.74 bits per heavy atom. The zero-order valence-electron chi connectivity index (χ0n) is 18.5. The number of amides is 1. The summed E-state index contributed by atoms with van der Waals surface area (Å²) in [4.78, 5) is 13.0. The monoisotopic (exact) mass is 462 g/mol. The van der Waals surface area contributed by atoms with Gasteiger partial charge in [0.25, 0.3) is 5.91 Å². The Kier molecular flexibility index (Phi) is 6.77. The van der Waals surface area contributed by atoms with Crippen molar-refractivity contribution in [3.8, 4) is 28.6 Å². The first-order valence-corrected chi connectivity index (χ1v) is 10.4. The summed E-state index contributed by atoms with van der Waals surface area (Å²) in [6, 6.07) is 14.4. The summed E-state index contributed by atoms with van der Waals surface area (Å²) in [5.41, 5.74) is 9.93. The van der Waals surface area contributed by atoms with Crippen LogP contribution < -0.4 is 20.6 Å². The highest BCUT2D eigenvalue weighted by atomic mass is 16.6. The van der Waals surface area contributed by atoms with Crippen molar-refractivity contribution in [1.29, 1.82) is 0 Å². The van der Waals surface area contributed by atoms with Crippen LogP contribution >= 0.6 is 0 Å². The molecule has 4 aromatic rings. The first kappa shape index (κ1) is 22.5. The fourth-order valence-electron chi connectivity index (χ4n) is 3.17. The van der Waals surface area contributed by atoms with Gasteiger partial charge in [-0.1, -0.05) is 29.5 Å². The van der Waals surface area contributed by atoms with Gasteiger partial charge in [0.05, 0.1) is 19.4 Å². The average molecular weight is 462 g/mol. The highest BCUT2D eigenvalue weighted by Crippen LogP contribution is 2.29. The van der Waals surface area contributed by atoms with E-state index in [9.17, 15) is 4.79 Å². The first-order valence-electron chi connectivity index (χ1n) is 10.4. The number of hydrogen-bond donors (Lipinski definition) is 2. The van der Waals surface area contributed by atoms with Crippen LogP contribution in [0.25, 0.3) is 17.1 Å². The molecule has 12 nitrogen and oxygen atoms in total.